The molecule has 2 aliphatic rings. The number of nitrogens with one attached hydrogen (secondary N) is 2. The van der Waals surface area contributed by atoms with E-state index >= 15 is 0 Å². The van der Waals surface area contributed by atoms with Gasteiger partial charge in [0.2, 0.25) is 0 Å². The number of nitrogens with zero attached hydrogens (tertiary/aromatic N) is 2. The standard InChI is InChI=1S/C45H84N4O16Si2/c1-11-60-66(61-12-2,62-13-3)29-17-27-46-44(54)48(38(42(52)58-9)32-40(50)56-7)36-23-19-34(20-24-36)31-35-21-25-37(26-22-35)49(39(43(53)59-10)33-41(51)57-8)45(55)47-28-18-30-67(63-14-4,64-15-5)65-16-6/h34-39H,11-33H2,1-10H3,(H,46,54)(H,47,55). The smallest absolute Gasteiger partial charge is 0.469 e. The Bertz CT molecular complexity index is 1340. The van der Waals surface area contributed by atoms with Gasteiger partial charge in [0.05, 0.1) is 41.3 Å². The first-order valence-corrected chi connectivity index (χ1v) is 28.3. The summed E-state index contributed by atoms with van der Waals surface area (Å²) in [5, 5.41) is 5.95. The van der Waals surface area contributed by atoms with Crippen LogP contribution >= 0.6 is 0 Å². The highest BCUT2D eigenvalue weighted by atomic mass is 28.4. The molecule has 2 N–H and O–H groups in total. The second-order valence-corrected chi connectivity index (χ2v) is 22.1. The second kappa shape index (κ2) is 32.4. The molecule has 2 unspecified atom stereocenters. The van der Waals surface area contributed by atoms with E-state index in [1.165, 1.54) is 38.2 Å². The van der Waals surface area contributed by atoms with Crippen LogP contribution in [0.2, 0.25) is 12.1 Å². The van der Waals surface area contributed by atoms with Crippen LogP contribution in [0.5, 0.6) is 0 Å². The van der Waals surface area contributed by atoms with Crippen LogP contribution in [0, 0.1) is 11.8 Å². The highest BCUT2D eigenvalue weighted by molar-refractivity contribution is 6.61. The molecule has 0 saturated heterocycles. The van der Waals surface area contributed by atoms with Crippen molar-refractivity contribution in [2.45, 2.75) is 161 Å². The molecule has 0 radical (unpaired) electrons. The Morgan fingerprint density at radius 3 is 1.03 bits per heavy atom. The monoisotopic (exact) mass is 993 g/mol. The van der Waals surface area contributed by atoms with Crippen molar-refractivity contribution in [3.8, 4) is 0 Å². The number of urea groups is 2. The van der Waals surface area contributed by atoms with Gasteiger partial charge in [-0.2, -0.15) is 0 Å². The molecule has 388 valence electrons. The maximum absolute atomic E-state index is 14.1. The molecule has 22 heteroatoms. The Balaban J connectivity index is 2.18. The lowest BCUT2D eigenvalue weighted by molar-refractivity contribution is -0.153. The molecule has 0 heterocycles. The molecule has 2 rings (SSSR count). The van der Waals surface area contributed by atoms with Gasteiger partial charge < -0.3 is 65.9 Å². The molecule has 2 fully saturated rings. The summed E-state index contributed by atoms with van der Waals surface area (Å²) in [6, 6.07) is -2.99. The van der Waals surface area contributed by atoms with Crippen molar-refractivity contribution in [1.29, 1.82) is 0 Å². The van der Waals surface area contributed by atoms with Crippen LogP contribution in [-0.4, -0.2) is 169 Å². The highest BCUT2D eigenvalue weighted by Gasteiger charge is 2.44. The van der Waals surface area contributed by atoms with Crippen LogP contribution in [0.25, 0.3) is 0 Å². The van der Waals surface area contributed by atoms with Crippen LogP contribution in [-0.2, 0) is 64.7 Å². The SMILES string of the molecule is CCO[Si](CCCNC(=O)N(C1CCC(CC2CCC(N(C(=O)NCCC[Si](OCC)(OCC)OCC)C(CC(=O)OC)C(=O)OC)CC2)CC1)C(CC(=O)OC)C(=O)OC)(OCC)OCC. The fraction of sp³-hybridized carbons (Fsp3) is 0.867. The van der Waals surface area contributed by atoms with Crippen LogP contribution < -0.4 is 10.6 Å². The predicted molar refractivity (Wildman–Crippen MR) is 252 cm³/mol. The van der Waals surface area contributed by atoms with Gasteiger partial charge >= 0.3 is 53.5 Å². The summed E-state index contributed by atoms with van der Waals surface area (Å²) in [7, 11) is -0.945. The second-order valence-electron chi connectivity index (χ2n) is 16.7. The van der Waals surface area contributed by atoms with Crippen LogP contribution in [0.1, 0.15) is 125 Å². The van der Waals surface area contributed by atoms with Crippen molar-refractivity contribution in [2.24, 2.45) is 11.8 Å². The van der Waals surface area contributed by atoms with Crippen molar-refractivity contribution in [2.75, 3.05) is 81.2 Å². The minimum atomic E-state index is -2.94. The third-order valence-corrected chi connectivity index (χ3v) is 18.7. The molecule has 2 atom stereocenters. The Kier molecular flexibility index (Phi) is 28.9. The number of amides is 4. The molecule has 0 aromatic rings. The van der Waals surface area contributed by atoms with Crippen LogP contribution in [0.3, 0.4) is 0 Å². The van der Waals surface area contributed by atoms with Crippen LogP contribution in [0.15, 0.2) is 0 Å². The molecular weight excluding hydrogens is 909 g/mol. The summed E-state index contributed by atoms with van der Waals surface area (Å²) in [5.41, 5.74) is 0. The van der Waals surface area contributed by atoms with Crippen LogP contribution in [0.4, 0.5) is 9.59 Å². The third-order valence-electron chi connectivity index (χ3n) is 12.4. The summed E-state index contributed by atoms with van der Waals surface area (Å²) in [6.07, 6.45) is 6.89. The Hall–Kier alpha value is -3.39. The molecule has 67 heavy (non-hydrogen) atoms. The molecule has 0 spiro atoms. The number of carbonyl (C=O) groups is 6. The first-order valence-electron chi connectivity index (χ1n) is 24.5. The number of hydrogen-bond donors (Lipinski definition) is 2. The van der Waals surface area contributed by atoms with E-state index in [1.807, 2.05) is 41.5 Å². The van der Waals surface area contributed by atoms with Crippen molar-refractivity contribution in [1.82, 2.24) is 20.4 Å². The maximum Gasteiger partial charge on any atom is 0.500 e. The normalized spacial score (nSPS) is 19.6. The summed E-state index contributed by atoms with van der Waals surface area (Å²) < 4.78 is 55.9. The van der Waals surface area contributed by atoms with Gasteiger partial charge in [-0.05, 0) is 124 Å². The van der Waals surface area contributed by atoms with E-state index in [4.69, 9.17) is 45.5 Å². The summed E-state index contributed by atoms with van der Waals surface area (Å²) in [6.45, 7) is 14.4. The Morgan fingerprint density at radius 1 is 0.478 bits per heavy atom. The molecule has 20 nitrogen and oxygen atoms in total. The molecular formula is C45H84N4O16Si2. The number of esters is 4. The van der Waals surface area contributed by atoms with Gasteiger partial charge in [0.1, 0.15) is 12.1 Å². The molecule has 2 aliphatic carbocycles. The quantitative estimate of drug-likeness (QED) is 0.0362. The van der Waals surface area contributed by atoms with E-state index in [2.05, 4.69) is 10.6 Å². The topological polar surface area (TPSA) is 225 Å². The first kappa shape index (κ1) is 59.7. The number of methoxy groups -OCH3 is 4. The average Bonchev–Trinajstić information content (AvgIpc) is 3.32. The zero-order chi connectivity index (χ0) is 49.8. The molecule has 0 aromatic heterocycles. The number of carbonyl (C=O) groups excluding carboxylic acids is 6. The van der Waals surface area contributed by atoms with E-state index in [9.17, 15) is 28.8 Å². The van der Waals surface area contributed by atoms with Gasteiger partial charge in [-0.25, -0.2) is 19.2 Å². The fourth-order valence-corrected chi connectivity index (χ4v) is 14.7. The van der Waals surface area contributed by atoms with Gasteiger partial charge in [-0.15, -0.1) is 0 Å². The summed E-state index contributed by atoms with van der Waals surface area (Å²) >= 11 is 0. The minimum absolute atomic E-state index is 0.267. The molecule has 2 saturated carbocycles. The van der Waals surface area contributed by atoms with E-state index in [-0.39, 0.29) is 38.0 Å². The lowest BCUT2D eigenvalue weighted by Crippen LogP contribution is -2.56. The molecule has 0 aromatic carbocycles. The fourth-order valence-electron chi connectivity index (χ4n) is 9.44. The van der Waals surface area contributed by atoms with Gasteiger partial charge in [-0.1, -0.05) is 0 Å². The lowest BCUT2D eigenvalue weighted by atomic mass is 9.75. The summed E-state index contributed by atoms with van der Waals surface area (Å²) in [4.78, 5) is 82.6. The van der Waals surface area contributed by atoms with Crippen molar-refractivity contribution < 1.29 is 74.3 Å². The van der Waals surface area contributed by atoms with E-state index in [0.29, 0.717) is 102 Å². The van der Waals surface area contributed by atoms with Crippen molar-refractivity contribution in [3.05, 3.63) is 0 Å². The van der Waals surface area contributed by atoms with Gasteiger partial charge in [0.25, 0.3) is 0 Å². The Labute approximate surface area is 401 Å². The zero-order valence-corrected chi connectivity index (χ0v) is 44.2. The van der Waals surface area contributed by atoms with Gasteiger partial charge in [-0.3, -0.25) is 9.59 Å². The molecule has 0 aliphatic heterocycles. The van der Waals surface area contributed by atoms with E-state index in [1.54, 1.807) is 0 Å². The van der Waals surface area contributed by atoms with Crippen molar-refractivity contribution in [3.63, 3.8) is 0 Å². The molecule has 4 amide bonds. The maximum atomic E-state index is 14.1. The third kappa shape index (κ3) is 19.5. The molecule has 0 bridgehead atoms. The first-order chi connectivity index (χ1) is 32.2. The number of hydrogen-bond acceptors (Lipinski definition) is 16. The van der Waals surface area contributed by atoms with E-state index < -0.39 is 65.6 Å². The van der Waals surface area contributed by atoms with E-state index in [0.717, 1.165) is 32.1 Å². The van der Waals surface area contributed by atoms with Crippen molar-refractivity contribution >= 4 is 53.5 Å². The average molecular weight is 993 g/mol. The largest absolute Gasteiger partial charge is 0.500 e. The minimum Gasteiger partial charge on any atom is -0.469 e. The number of ether oxygens (including phenoxy) is 4. The predicted octanol–water partition coefficient (Wildman–Crippen LogP) is 5.60. The zero-order valence-electron chi connectivity index (χ0n) is 42.2. The summed E-state index contributed by atoms with van der Waals surface area (Å²) in [5.74, 6) is -1.99. The highest BCUT2D eigenvalue weighted by Crippen LogP contribution is 2.39. The Morgan fingerprint density at radius 2 is 0.776 bits per heavy atom. The lowest BCUT2D eigenvalue weighted by Gasteiger charge is -2.42. The van der Waals surface area contributed by atoms with Gasteiger partial charge in [0.15, 0.2) is 0 Å². The number of rotatable bonds is 32. The van der Waals surface area contributed by atoms with Gasteiger partial charge in [0, 0.05) is 76.9 Å².